The SMILES string of the molecule is CCCCCC/C=C\CNCC. The van der Waals surface area contributed by atoms with E-state index < -0.39 is 0 Å². The summed E-state index contributed by atoms with van der Waals surface area (Å²) in [7, 11) is 0. The Morgan fingerprint density at radius 2 is 1.83 bits per heavy atom. The van der Waals surface area contributed by atoms with Crippen LogP contribution in [0.4, 0.5) is 0 Å². The van der Waals surface area contributed by atoms with Crippen LogP contribution in [-0.4, -0.2) is 13.1 Å². The molecule has 12 heavy (non-hydrogen) atoms. The van der Waals surface area contributed by atoms with Crippen molar-refractivity contribution in [3.05, 3.63) is 12.2 Å². The molecule has 0 aliphatic carbocycles. The van der Waals surface area contributed by atoms with Gasteiger partial charge in [-0.1, -0.05) is 45.3 Å². The van der Waals surface area contributed by atoms with E-state index in [1.54, 1.807) is 0 Å². The first kappa shape index (κ1) is 11.7. The highest BCUT2D eigenvalue weighted by atomic mass is 14.8. The molecule has 0 aromatic carbocycles. The van der Waals surface area contributed by atoms with E-state index in [9.17, 15) is 0 Å². The molecule has 0 aliphatic heterocycles. The minimum Gasteiger partial charge on any atom is -0.314 e. The Balaban J connectivity index is 2.92. The van der Waals surface area contributed by atoms with Crippen molar-refractivity contribution in [1.29, 1.82) is 0 Å². The van der Waals surface area contributed by atoms with E-state index in [4.69, 9.17) is 0 Å². The summed E-state index contributed by atoms with van der Waals surface area (Å²) in [6, 6.07) is 0. The van der Waals surface area contributed by atoms with Crippen LogP contribution < -0.4 is 5.32 Å². The standard InChI is InChI=1S/C11H23N/c1-3-5-6-7-8-9-10-11-12-4-2/h9-10,12H,3-8,11H2,1-2H3/b10-9-. The van der Waals surface area contributed by atoms with Crippen LogP contribution in [0, 0.1) is 0 Å². The molecule has 0 amide bonds. The molecule has 0 aromatic heterocycles. The molecule has 0 radical (unpaired) electrons. The van der Waals surface area contributed by atoms with Crippen molar-refractivity contribution in [3.63, 3.8) is 0 Å². The van der Waals surface area contributed by atoms with E-state index in [0.717, 1.165) is 13.1 Å². The van der Waals surface area contributed by atoms with E-state index in [1.807, 2.05) is 0 Å². The van der Waals surface area contributed by atoms with E-state index in [0.29, 0.717) is 0 Å². The molecule has 1 N–H and O–H groups in total. The molecule has 0 bridgehead atoms. The summed E-state index contributed by atoms with van der Waals surface area (Å²) in [6.45, 7) is 6.49. The largest absolute Gasteiger partial charge is 0.314 e. The lowest BCUT2D eigenvalue weighted by atomic mass is 10.1. The van der Waals surface area contributed by atoms with Gasteiger partial charge in [0.05, 0.1) is 0 Å². The second-order valence-corrected chi connectivity index (χ2v) is 3.13. The second kappa shape index (κ2) is 10.7. The third kappa shape index (κ3) is 9.70. The number of unbranched alkanes of at least 4 members (excludes halogenated alkanes) is 4. The summed E-state index contributed by atoms with van der Waals surface area (Å²) in [4.78, 5) is 0. The Bertz CT molecular complexity index is 97.2. The molecule has 1 heteroatoms. The Morgan fingerprint density at radius 1 is 1.00 bits per heavy atom. The number of hydrogen-bond acceptors (Lipinski definition) is 1. The summed E-state index contributed by atoms with van der Waals surface area (Å²) in [5.74, 6) is 0. The van der Waals surface area contributed by atoms with Crippen molar-refractivity contribution in [2.45, 2.75) is 46.0 Å². The molecule has 72 valence electrons. The fraction of sp³-hybridized carbons (Fsp3) is 0.818. The van der Waals surface area contributed by atoms with E-state index in [1.165, 1.54) is 32.1 Å². The van der Waals surface area contributed by atoms with Gasteiger partial charge in [0.2, 0.25) is 0 Å². The van der Waals surface area contributed by atoms with Gasteiger partial charge >= 0.3 is 0 Å². The van der Waals surface area contributed by atoms with Crippen molar-refractivity contribution >= 4 is 0 Å². The third-order valence-electron chi connectivity index (χ3n) is 1.90. The maximum atomic E-state index is 3.26. The minimum atomic E-state index is 1.03. The Hall–Kier alpha value is -0.300. The average Bonchev–Trinajstić information content (AvgIpc) is 2.10. The number of rotatable bonds is 8. The number of hydrogen-bond donors (Lipinski definition) is 1. The van der Waals surface area contributed by atoms with Gasteiger partial charge in [-0.05, 0) is 19.4 Å². The summed E-state index contributed by atoms with van der Waals surface area (Å²) < 4.78 is 0. The van der Waals surface area contributed by atoms with Gasteiger partial charge in [-0.2, -0.15) is 0 Å². The summed E-state index contributed by atoms with van der Waals surface area (Å²) in [5, 5.41) is 3.26. The molecule has 0 rings (SSSR count). The zero-order valence-corrected chi connectivity index (χ0v) is 8.60. The normalized spacial score (nSPS) is 11.2. The molecule has 1 nitrogen and oxygen atoms in total. The van der Waals surface area contributed by atoms with Crippen LogP contribution in [0.1, 0.15) is 46.0 Å². The maximum Gasteiger partial charge on any atom is 0.0134 e. The zero-order valence-electron chi connectivity index (χ0n) is 8.60. The molecule has 0 unspecified atom stereocenters. The van der Waals surface area contributed by atoms with Gasteiger partial charge in [-0.3, -0.25) is 0 Å². The number of allylic oxidation sites excluding steroid dienone is 1. The lowest BCUT2D eigenvalue weighted by Gasteiger charge is -1.95. The van der Waals surface area contributed by atoms with Gasteiger partial charge in [0, 0.05) is 6.54 Å². The van der Waals surface area contributed by atoms with Crippen LogP contribution in [0.3, 0.4) is 0 Å². The van der Waals surface area contributed by atoms with Crippen LogP contribution in [-0.2, 0) is 0 Å². The molecule has 0 aromatic rings. The van der Waals surface area contributed by atoms with Gasteiger partial charge in [0.15, 0.2) is 0 Å². The highest BCUT2D eigenvalue weighted by Gasteiger charge is 1.83. The van der Waals surface area contributed by atoms with Gasteiger partial charge in [-0.15, -0.1) is 0 Å². The first-order valence-corrected chi connectivity index (χ1v) is 5.27. The number of nitrogens with one attached hydrogen (secondary N) is 1. The Morgan fingerprint density at radius 3 is 2.50 bits per heavy atom. The van der Waals surface area contributed by atoms with Crippen LogP contribution >= 0.6 is 0 Å². The fourth-order valence-corrected chi connectivity index (χ4v) is 1.12. The van der Waals surface area contributed by atoms with Crippen molar-refractivity contribution in [2.75, 3.05) is 13.1 Å². The minimum absolute atomic E-state index is 1.03. The number of likely N-dealkylation sites (N-methyl/N-ethyl adjacent to an activating group) is 1. The van der Waals surface area contributed by atoms with Crippen LogP contribution in [0.5, 0.6) is 0 Å². The first-order chi connectivity index (χ1) is 5.91. The lowest BCUT2D eigenvalue weighted by molar-refractivity contribution is 0.673. The quantitative estimate of drug-likeness (QED) is 0.435. The van der Waals surface area contributed by atoms with E-state index in [2.05, 4.69) is 31.3 Å². The van der Waals surface area contributed by atoms with E-state index >= 15 is 0 Å². The van der Waals surface area contributed by atoms with Gasteiger partial charge in [0.25, 0.3) is 0 Å². The maximum absolute atomic E-state index is 3.26. The smallest absolute Gasteiger partial charge is 0.0134 e. The van der Waals surface area contributed by atoms with Crippen molar-refractivity contribution in [3.8, 4) is 0 Å². The van der Waals surface area contributed by atoms with E-state index in [-0.39, 0.29) is 0 Å². The van der Waals surface area contributed by atoms with Crippen molar-refractivity contribution in [2.24, 2.45) is 0 Å². The lowest BCUT2D eigenvalue weighted by Crippen LogP contribution is -2.11. The summed E-state index contributed by atoms with van der Waals surface area (Å²) in [6.07, 6.45) is 11.2. The zero-order chi connectivity index (χ0) is 9.07. The van der Waals surface area contributed by atoms with Crippen LogP contribution in [0.15, 0.2) is 12.2 Å². The molecule has 0 saturated heterocycles. The molecular formula is C11H23N. The van der Waals surface area contributed by atoms with Gasteiger partial charge < -0.3 is 5.32 Å². The monoisotopic (exact) mass is 169 g/mol. The first-order valence-electron chi connectivity index (χ1n) is 5.27. The topological polar surface area (TPSA) is 12.0 Å². The van der Waals surface area contributed by atoms with Gasteiger partial charge in [-0.25, -0.2) is 0 Å². The third-order valence-corrected chi connectivity index (χ3v) is 1.90. The van der Waals surface area contributed by atoms with Crippen LogP contribution in [0.2, 0.25) is 0 Å². The van der Waals surface area contributed by atoms with Crippen molar-refractivity contribution < 1.29 is 0 Å². The highest BCUT2D eigenvalue weighted by Crippen LogP contribution is 2.02. The molecule has 0 fully saturated rings. The molecule has 0 spiro atoms. The molecule has 0 atom stereocenters. The Labute approximate surface area is 77.2 Å². The fourth-order valence-electron chi connectivity index (χ4n) is 1.12. The van der Waals surface area contributed by atoms with Crippen molar-refractivity contribution in [1.82, 2.24) is 5.32 Å². The predicted octanol–water partition coefficient (Wildman–Crippen LogP) is 3.12. The molecule has 0 heterocycles. The highest BCUT2D eigenvalue weighted by molar-refractivity contribution is 4.83. The predicted molar refractivity (Wildman–Crippen MR) is 56.4 cm³/mol. The summed E-state index contributed by atoms with van der Waals surface area (Å²) >= 11 is 0. The summed E-state index contributed by atoms with van der Waals surface area (Å²) in [5.41, 5.74) is 0. The van der Waals surface area contributed by atoms with Crippen LogP contribution in [0.25, 0.3) is 0 Å². The van der Waals surface area contributed by atoms with Gasteiger partial charge in [0.1, 0.15) is 0 Å². The average molecular weight is 169 g/mol. The molecular weight excluding hydrogens is 146 g/mol. The second-order valence-electron chi connectivity index (χ2n) is 3.13. The Kier molecular flexibility index (Phi) is 10.4. The molecule has 0 saturated carbocycles. The molecule has 0 aliphatic rings.